The van der Waals surface area contributed by atoms with Crippen LogP contribution in [0.25, 0.3) is 0 Å². The first-order chi connectivity index (χ1) is 6.31. The summed E-state index contributed by atoms with van der Waals surface area (Å²) < 4.78 is 35.8. The number of hydrogen-bond acceptors (Lipinski definition) is 2. The van der Waals surface area contributed by atoms with E-state index in [1.807, 2.05) is 6.92 Å². The van der Waals surface area contributed by atoms with Gasteiger partial charge in [0.1, 0.15) is 0 Å². The van der Waals surface area contributed by atoms with Crippen LogP contribution in [0.4, 0.5) is 13.2 Å². The average molecular weight is 211 g/mol. The molecule has 0 saturated carbocycles. The van der Waals surface area contributed by atoms with Crippen LogP contribution in [-0.2, 0) is 0 Å². The van der Waals surface area contributed by atoms with E-state index < -0.39 is 18.2 Å². The Balaban J connectivity index is 2.36. The van der Waals surface area contributed by atoms with Gasteiger partial charge in [-0.1, -0.05) is 0 Å². The van der Waals surface area contributed by atoms with Gasteiger partial charge in [0.15, 0.2) is 0 Å². The van der Waals surface area contributed by atoms with Crippen molar-refractivity contribution in [2.24, 2.45) is 0 Å². The Bertz CT molecular complexity index is 185. The first-order valence-corrected chi connectivity index (χ1v) is 4.83. The molecule has 0 radical (unpaired) electrons. The first kappa shape index (κ1) is 11.8. The normalized spacial score (nSPS) is 34.5. The van der Waals surface area contributed by atoms with Gasteiger partial charge in [0.05, 0.1) is 5.60 Å². The van der Waals surface area contributed by atoms with Crippen LogP contribution in [-0.4, -0.2) is 29.5 Å². The highest BCUT2D eigenvalue weighted by atomic mass is 19.4. The zero-order valence-corrected chi connectivity index (χ0v) is 8.19. The number of rotatable bonds is 2. The summed E-state index contributed by atoms with van der Waals surface area (Å²) in [6.45, 7) is 2.23. The van der Waals surface area contributed by atoms with Gasteiger partial charge < -0.3 is 10.4 Å². The Kier molecular flexibility index (Phi) is 3.42. The Morgan fingerprint density at radius 3 is 2.57 bits per heavy atom. The number of nitrogens with one attached hydrogen (secondary N) is 1. The van der Waals surface area contributed by atoms with Gasteiger partial charge in [-0.05, 0) is 26.2 Å². The SMILES string of the molecule is CC1CCC(O)(CCC(F)(F)F)CN1. The molecule has 1 saturated heterocycles. The molecule has 1 fully saturated rings. The third-order valence-corrected chi connectivity index (χ3v) is 2.70. The zero-order chi connectivity index (χ0) is 10.8. The summed E-state index contributed by atoms with van der Waals surface area (Å²) in [4.78, 5) is 0. The molecule has 0 bridgehead atoms. The van der Waals surface area contributed by atoms with E-state index in [0.717, 1.165) is 6.42 Å². The highest BCUT2D eigenvalue weighted by molar-refractivity contribution is 4.88. The Labute approximate surface area is 81.5 Å². The fourth-order valence-electron chi connectivity index (χ4n) is 1.63. The third kappa shape index (κ3) is 3.84. The first-order valence-electron chi connectivity index (χ1n) is 4.83. The standard InChI is InChI=1S/C9H16F3NO/c1-7-2-3-8(14,6-13-7)4-5-9(10,11)12/h7,13-14H,2-6H2,1H3. The molecule has 0 spiro atoms. The maximum absolute atomic E-state index is 11.9. The summed E-state index contributed by atoms with van der Waals surface area (Å²) in [6, 6.07) is 0.293. The van der Waals surface area contributed by atoms with Crippen LogP contribution in [0, 0.1) is 0 Å². The van der Waals surface area contributed by atoms with Gasteiger partial charge in [0.25, 0.3) is 0 Å². The molecule has 14 heavy (non-hydrogen) atoms. The minimum atomic E-state index is -4.17. The highest BCUT2D eigenvalue weighted by Gasteiger charge is 2.36. The molecule has 1 aliphatic rings. The topological polar surface area (TPSA) is 32.3 Å². The summed E-state index contributed by atoms with van der Waals surface area (Å²) in [5.74, 6) is 0. The number of halogens is 3. The second-order valence-electron chi connectivity index (χ2n) is 4.16. The number of alkyl halides is 3. The second-order valence-corrected chi connectivity index (χ2v) is 4.16. The molecule has 84 valence electrons. The average Bonchev–Trinajstić information content (AvgIpc) is 2.07. The second kappa shape index (κ2) is 4.06. The summed E-state index contributed by atoms with van der Waals surface area (Å²) in [7, 11) is 0. The van der Waals surface area contributed by atoms with Gasteiger partial charge in [-0.2, -0.15) is 13.2 Å². The van der Waals surface area contributed by atoms with Gasteiger partial charge in [-0.3, -0.25) is 0 Å². The molecule has 0 aromatic carbocycles. The molecule has 1 rings (SSSR count). The molecule has 0 aliphatic carbocycles. The quantitative estimate of drug-likeness (QED) is 0.730. The van der Waals surface area contributed by atoms with Crippen LogP contribution < -0.4 is 5.32 Å². The van der Waals surface area contributed by atoms with Crippen molar-refractivity contribution in [3.8, 4) is 0 Å². The van der Waals surface area contributed by atoms with Crippen LogP contribution in [0.2, 0.25) is 0 Å². The Morgan fingerprint density at radius 2 is 2.14 bits per heavy atom. The monoisotopic (exact) mass is 211 g/mol. The highest BCUT2D eigenvalue weighted by Crippen LogP contribution is 2.30. The van der Waals surface area contributed by atoms with Crippen LogP contribution in [0.3, 0.4) is 0 Å². The van der Waals surface area contributed by atoms with E-state index in [0.29, 0.717) is 12.5 Å². The van der Waals surface area contributed by atoms with Crippen molar-refractivity contribution in [1.29, 1.82) is 0 Å². The van der Waals surface area contributed by atoms with E-state index >= 15 is 0 Å². The van der Waals surface area contributed by atoms with E-state index in [1.165, 1.54) is 0 Å². The summed E-state index contributed by atoms with van der Waals surface area (Å²) in [5.41, 5.74) is -1.16. The molecule has 0 amide bonds. The largest absolute Gasteiger partial charge is 0.389 e. The third-order valence-electron chi connectivity index (χ3n) is 2.70. The Morgan fingerprint density at radius 1 is 1.50 bits per heavy atom. The lowest BCUT2D eigenvalue weighted by atomic mass is 9.87. The lowest BCUT2D eigenvalue weighted by molar-refractivity contribution is -0.148. The summed E-state index contributed by atoms with van der Waals surface area (Å²) in [5, 5.41) is 12.8. The maximum atomic E-state index is 11.9. The van der Waals surface area contributed by atoms with E-state index in [9.17, 15) is 18.3 Å². The van der Waals surface area contributed by atoms with E-state index in [1.54, 1.807) is 0 Å². The maximum Gasteiger partial charge on any atom is 0.389 e. The van der Waals surface area contributed by atoms with Gasteiger partial charge in [-0.15, -0.1) is 0 Å². The van der Waals surface area contributed by atoms with Gasteiger partial charge in [0, 0.05) is 19.0 Å². The number of piperidine rings is 1. The molecular formula is C9H16F3NO. The van der Waals surface area contributed by atoms with Gasteiger partial charge in [-0.25, -0.2) is 0 Å². The summed E-state index contributed by atoms with van der Waals surface area (Å²) in [6.07, 6.45) is -4.08. The molecule has 0 aromatic heterocycles. The molecule has 1 heterocycles. The predicted octanol–water partition coefficient (Wildman–Crippen LogP) is 1.83. The number of β-amino-alcohol motifs (C(OH)–C–C–N with tert-alkyl or cyclic N) is 1. The Hall–Kier alpha value is -0.290. The van der Waals surface area contributed by atoms with Crippen molar-refractivity contribution >= 4 is 0 Å². The van der Waals surface area contributed by atoms with Gasteiger partial charge >= 0.3 is 6.18 Å². The molecule has 2 N–H and O–H groups in total. The van der Waals surface area contributed by atoms with Crippen molar-refractivity contribution in [2.45, 2.75) is 50.4 Å². The van der Waals surface area contributed by atoms with Crippen molar-refractivity contribution < 1.29 is 18.3 Å². The van der Waals surface area contributed by atoms with Crippen LogP contribution in [0.5, 0.6) is 0 Å². The molecule has 2 unspecified atom stereocenters. The van der Waals surface area contributed by atoms with E-state index in [4.69, 9.17) is 0 Å². The van der Waals surface area contributed by atoms with Crippen molar-refractivity contribution in [3.05, 3.63) is 0 Å². The van der Waals surface area contributed by atoms with Crippen LogP contribution in [0.15, 0.2) is 0 Å². The predicted molar refractivity (Wildman–Crippen MR) is 46.9 cm³/mol. The molecule has 2 atom stereocenters. The fraction of sp³-hybridized carbons (Fsp3) is 1.00. The molecule has 2 nitrogen and oxygen atoms in total. The number of aliphatic hydroxyl groups is 1. The smallest absolute Gasteiger partial charge is 0.389 e. The lowest BCUT2D eigenvalue weighted by Crippen LogP contribution is -2.49. The minimum absolute atomic E-state index is 0.198. The van der Waals surface area contributed by atoms with Crippen molar-refractivity contribution in [2.75, 3.05) is 6.54 Å². The molecular weight excluding hydrogens is 195 g/mol. The van der Waals surface area contributed by atoms with E-state index in [2.05, 4.69) is 5.32 Å². The van der Waals surface area contributed by atoms with E-state index in [-0.39, 0.29) is 13.0 Å². The molecule has 0 aromatic rings. The van der Waals surface area contributed by atoms with Crippen molar-refractivity contribution in [1.82, 2.24) is 5.32 Å². The van der Waals surface area contributed by atoms with Gasteiger partial charge in [0.2, 0.25) is 0 Å². The fourth-order valence-corrected chi connectivity index (χ4v) is 1.63. The minimum Gasteiger partial charge on any atom is -0.389 e. The zero-order valence-electron chi connectivity index (χ0n) is 8.19. The van der Waals surface area contributed by atoms with Crippen molar-refractivity contribution in [3.63, 3.8) is 0 Å². The van der Waals surface area contributed by atoms with Crippen LogP contribution in [0.1, 0.15) is 32.6 Å². The van der Waals surface area contributed by atoms with Crippen LogP contribution >= 0.6 is 0 Å². The summed E-state index contributed by atoms with van der Waals surface area (Å²) >= 11 is 0. The lowest BCUT2D eigenvalue weighted by Gasteiger charge is -2.36. The number of hydrogen-bond donors (Lipinski definition) is 2. The molecule has 5 heteroatoms. The molecule has 1 aliphatic heterocycles.